The number of nitrogens with zero attached hydrogens (tertiary/aromatic N) is 2. The van der Waals surface area contributed by atoms with Crippen LogP contribution in [0.3, 0.4) is 0 Å². The third-order valence-electron chi connectivity index (χ3n) is 3.64. The van der Waals surface area contributed by atoms with Crippen LogP contribution in [-0.4, -0.2) is 9.38 Å². The number of benzene rings is 1. The van der Waals surface area contributed by atoms with E-state index < -0.39 is 0 Å². The Morgan fingerprint density at radius 3 is 2.94 bits per heavy atom. The van der Waals surface area contributed by atoms with Gasteiger partial charge in [-0.2, -0.15) is 0 Å². The van der Waals surface area contributed by atoms with Crippen LogP contribution in [0.5, 0.6) is 0 Å². The van der Waals surface area contributed by atoms with E-state index in [0.717, 1.165) is 23.4 Å². The fraction of sp³-hybridized carbons (Fsp3) is 0.214. The first-order valence-electron chi connectivity index (χ1n) is 5.91. The quantitative estimate of drug-likeness (QED) is 0.606. The van der Waals surface area contributed by atoms with Crippen molar-refractivity contribution in [1.82, 2.24) is 9.38 Å². The van der Waals surface area contributed by atoms with Gasteiger partial charge in [0.25, 0.3) is 0 Å². The molecular formula is C14H12Cl2N2. The normalized spacial score (nSPS) is 13.8. The van der Waals surface area contributed by atoms with E-state index in [0.29, 0.717) is 0 Å². The number of halogens is 2. The van der Waals surface area contributed by atoms with E-state index in [4.69, 9.17) is 11.6 Å². The highest BCUT2D eigenvalue weighted by atomic mass is 35.5. The fourth-order valence-electron chi connectivity index (χ4n) is 2.97. The molecule has 0 amide bonds. The van der Waals surface area contributed by atoms with Crippen LogP contribution in [0.25, 0.3) is 16.4 Å². The van der Waals surface area contributed by atoms with E-state index in [-0.39, 0.29) is 12.4 Å². The van der Waals surface area contributed by atoms with Gasteiger partial charge in [-0.3, -0.25) is 4.98 Å². The van der Waals surface area contributed by atoms with Crippen LogP contribution < -0.4 is 0 Å². The van der Waals surface area contributed by atoms with Gasteiger partial charge in [0.15, 0.2) is 0 Å². The third kappa shape index (κ3) is 1.39. The summed E-state index contributed by atoms with van der Waals surface area (Å²) in [6, 6.07) is 6.15. The van der Waals surface area contributed by atoms with Crippen LogP contribution in [0.2, 0.25) is 5.02 Å². The molecule has 0 atom stereocenters. The molecule has 3 aromatic rings. The highest BCUT2D eigenvalue weighted by Crippen LogP contribution is 2.35. The summed E-state index contributed by atoms with van der Waals surface area (Å²) < 4.78 is 2.20. The summed E-state index contributed by atoms with van der Waals surface area (Å²) in [4.78, 5) is 4.50. The zero-order valence-electron chi connectivity index (χ0n) is 9.69. The van der Waals surface area contributed by atoms with Gasteiger partial charge in [0.05, 0.1) is 21.7 Å². The zero-order chi connectivity index (χ0) is 11.4. The Morgan fingerprint density at radius 2 is 2.06 bits per heavy atom. The summed E-state index contributed by atoms with van der Waals surface area (Å²) in [5.41, 5.74) is 5.03. The van der Waals surface area contributed by atoms with Crippen LogP contribution in [0.15, 0.2) is 30.6 Å². The van der Waals surface area contributed by atoms with Crippen LogP contribution in [0.4, 0.5) is 0 Å². The van der Waals surface area contributed by atoms with Crippen molar-refractivity contribution in [2.24, 2.45) is 0 Å². The van der Waals surface area contributed by atoms with Gasteiger partial charge in [-0.15, -0.1) is 12.4 Å². The average molecular weight is 279 g/mol. The van der Waals surface area contributed by atoms with Gasteiger partial charge in [0.1, 0.15) is 0 Å². The summed E-state index contributed by atoms with van der Waals surface area (Å²) >= 11 is 6.34. The number of fused-ring (bicyclic) bond motifs is 3. The SMILES string of the molecule is Cl.Clc1cccc2c3c4c(nccn4c12)CCC3. The predicted octanol–water partition coefficient (Wildman–Crippen LogP) is 4.05. The standard InChI is InChI=1S/C14H11ClN2.ClH/c15-11-5-1-3-9-10-4-2-6-12-14(10)17(13(9)11)8-7-16-12;/h1,3,5,7-8H,2,4,6H2;1H. The molecule has 0 fully saturated rings. The smallest absolute Gasteiger partial charge is 0.0719 e. The first-order chi connectivity index (χ1) is 8.36. The Balaban J connectivity index is 0.000001000. The molecule has 0 unspecified atom stereocenters. The van der Waals surface area contributed by atoms with Gasteiger partial charge in [0.2, 0.25) is 0 Å². The van der Waals surface area contributed by atoms with E-state index in [1.165, 1.54) is 28.6 Å². The number of hydrogen-bond donors (Lipinski definition) is 0. The van der Waals surface area contributed by atoms with Crippen molar-refractivity contribution in [3.05, 3.63) is 46.9 Å². The molecular weight excluding hydrogens is 267 g/mol. The zero-order valence-corrected chi connectivity index (χ0v) is 11.3. The summed E-state index contributed by atoms with van der Waals surface area (Å²) in [7, 11) is 0. The molecule has 1 aliphatic carbocycles. The summed E-state index contributed by atoms with van der Waals surface area (Å²) in [6.45, 7) is 0. The number of aromatic nitrogens is 2. The number of rotatable bonds is 0. The lowest BCUT2D eigenvalue weighted by Crippen LogP contribution is -2.03. The van der Waals surface area contributed by atoms with E-state index in [2.05, 4.69) is 15.5 Å². The van der Waals surface area contributed by atoms with E-state index >= 15 is 0 Å². The Hall–Kier alpha value is -1.25. The summed E-state index contributed by atoms with van der Waals surface area (Å²) in [5, 5.41) is 2.11. The lowest BCUT2D eigenvalue weighted by atomic mass is 9.98. The molecule has 0 saturated heterocycles. The van der Waals surface area contributed by atoms with Gasteiger partial charge in [-0.05, 0) is 30.9 Å². The second-order valence-electron chi connectivity index (χ2n) is 4.56. The number of aryl methyl sites for hydroxylation is 2. The summed E-state index contributed by atoms with van der Waals surface area (Å²) in [5.74, 6) is 0. The molecule has 92 valence electrons. The van der Waals surface area contributed by atoms with Crippen molar-refractivity contribution in [1.29, 1.82) is 0 Å². The Labute approximate surface area is 116 Å². The maximum atomic E-state index is 6.34. The predicted molar refractivity (Wildman–Crippen MR) is 77.0 cm³/mol. The van der Waals surface area contributed by atoms with Gasteiger partial charge in [0, 0.05) is 17.8 Å². The van der Waals surface area contributed by atoms with E-state index in [1.54, 1.807) is 0 Å². The van der Waals surface area contributed by atoms with E-state index in [1.807, 2.05) is 24.5 Å². The third-order valence-corrected chi connectivity index (χ3v) is 3.94. The Morgan fingerprint density at radius 1 is 1.17 bits per heavy atom. The molecule has 0 spiro atoms. The van der Waals surface area contributed by atoms with Crippen LogP contribution in [0, 0.1) is 0 Å². The van der Waals surface area contributed by atoms with Crippen molar-refractivity contribution in [2.75, 3.05) is 0 Å². The lowest BCUT2D eigenvalue weighted by molar-refractivity contribution is 0.780. The second kappa shape index (κ2) is 4.15. The molecule has 0 radical (unpaired) electrons. The van der Waals surface area contributed by atoms with Crippen molar-refractivity contribution in [2.45, 2.75) is 19.3 Å². The molecule has 0 N–H and O–H groups in total. The Kier molecular flexibility index (Phi) is 2.72. The minimum atomic E-state index is 0. The minimum absolute atomic E-state index is 0. The largest absolute Gasteiger partial charge is 0.311 e. The van der Waals surface area contributed by atoms with Gasteiger partial charge >= 0.3 is 0 Å². The molecule has 0 aliphatic heterocycles. The molecule has 1 aromatic carbocycles. The molecule has 18 heavy (non-hydrogen) atoms. The Bertz CT molecular complexity index is 746. The van der Waals surface area contributed by atoms with Crippen molar-refractivity contribution in [3.63, 3.8) is 0 Å². The number of para-hydroxylation sites is 1. The molecule has 2 nitrogen and oxygen atoms in total. The second-order valence-corrected chi connectivity index (χ2v) is 4.97. The molecule has 2 aromatic heterocycles. The first kappa shape index (κ1) is 11.8. The maximum absolute atomic E-state index is 6.34. The van der Waals surface area contributed by atoms with Gasteiger partial charge in [-0.1, -0.05) is 23.7 Å². The molecule has 4 heteroatoms. The van der Waals surface area contributed by atoms with Crippen LogP contribution >= 0.6 is 24.0 Å². The van der Waals surface area contributed by atoms with Crippen molar-refractivity contribution < 1.29 is 0 Å². The topological polar surface area (TPSA) is 17.3 Å². The molecule has 0 bridgehead atoms. The van der Waals surface area contributed by atoms with Crippen LogP contribution in [-0.2, 0) is 12.8 Å². The maximum Gasteiger partial charge on any atom is 0.0719 e. The lowest BCUT2D eigenvalue weighted by Gasteiger charge is -2.11. The van der Waals surface area contributed by atoms with Gasteiger partial charge < -0.3 is 4.40 Å². The first-order valence-corrected chi connectivity index (χ1v) is 6.29. The van der Waals surface area contributed by atoms with E-state index in [9.17, 15) is 0 Å². The average Bonchev–Trinajstić information content (AvgIpc) is 2.69. The van der Waals surface area contributed by atoms with Crippen LogP contribution in [0.1, 0.15) is 17.7 Å². The minimum Gasteiger partial charge on any atom is -0.311 e. The van der Waals surface area contributed by atoms with Crippen molar-refractivity contribution in [3.8, 4) is 0 Å². The highest BCUT2D eigenvalue weighted by Gasteiger charge is 2.20. The van der Waals surface area contributed by atoms with Gasteiger partial charge in [-0.25, -0.2) is 0 Å². The fourth-order valence-corrected chi connectivity index (χ4v) is 3.24. The highest BCUT2D eigenvalue weighted by molar-refractivity contribution is 6.35. The number of hydrogen-bond acceptors (Lipinski definition) is 1. The van der Waals surface area contributed by atoms with Crippen molar-refractivity contribution >= 4 is 40.4 Å². The molecule has 0 saturated carbocycles. The molecule has 4 rings (SSSR count). The monoisotopic (exact) mass is 278 g/mol. The molecule has 1 aliphatic rings. The summed E-state index contributed by atoms with van der Waals surface area (Å²) in [6.07, 6.45) is 7.28. The molecule has 2 heterocycles.